The lowest BCUT2D eigenvalue weighted by atomic mass is 9.86. The summed E-state index contributed by atoms with van der Waals surface area (Å²) in [7, 11) is 0. The van der Waals surface area contributed by atoms with Crippen LogP contribution in [0.1, 0.15) is 36.5 Å². The maximum Gasteiger partial charge on any atom is 0.0824 e. The monoisotopic (exact) mass is 248 g/mol. The zero-order chi connectivity index (χ0) is 13.2. The predicted octanol–water partition coefficient (Wildman–Crippen LogP) is 2.25. The maximum absolute atomic E-state index is 5.90. The Morgan fingerprint density at radius 2 is 2.06 bits per heavy atom. The third-order valence-corrected chi connectivity index (χ3v) is 4.24. The van der Waals surface area contributed by atoms with Crippen LogP contribution in [0, 0.1) is 13.8 Å². The van der Waals surface area contributed by atoms with E-state index >= 15 is 0 Å². The fourth-order valence-electron chi connectivity index (χ4n) is 2.90. The zero-order valence-corrected chi connectivity index (χ0v) is 11.6. The van der Waals surface area contributed by atoms with E-state index in [0.717, 1.165) is 25.9 Å². The van der Waals surface area contributed by atoms with Gasteiger partial charge in [0.2, 0.25) is 0 Å². The number of aryl methyl sites for hydroxylation is 2. The lowest BCUT2D eigenvalue weighted by Gasteiger charge is -2.33. The second-order valence-corrected chi connectivity index (χ2v) is 5.56. The van der Waals surface area contributed by atoms with Gasteiger partial charge in [0.25, 0.3) is 0 Å². The van der Waals surface area contributed by atoms with Gasteiger partial charge in [0, 0.05) is 6.61 Å². The average molecular weight is 248 g/mol. The van der Waals surface area contributed by atoms with Crippen LogP contribution in [0.15, 0.2) is 18.2 Å². The number of rotatable bonds is 4. The van der Waals surface area contributed by atoms with Gasteiger partial charge in [0.05, 0.1) is 11.6 Å². The van der Waals surface area contributed by atoms with E-state index in [1.165, 1.54) is 16.7 Å². The number of hydrogen-bond acceptors (Lipinski definition) is 3. The van der Waals surface area contributed by atoms with Gasteiger partial charge >= 0.3 is 0 Å². The summed E-state index contributed by atoms with van der Waals surface area (Å²) in [4.78, 5) is 0. The second-order valence-electron chi connectivity index (χ2n) is 5.56. The highest BCUT2D eigenvalue weighted by atomic mass is 16.5. The standard InChI is InChI=1S/C15H24N2O/c1-11-6-4-7-12(2)13(11)10-14(17-16)15(3)8-5-9-18-15/h4,6-7,14,17H,5,8-10,16H2,1-3H3. The van der Waals surface area contributed by atoms with Gasteiger partial charge in [-0.25, -0.2) is 0 Å². The van der Waals surface area contributed by atoms with Gasteiger partial charge in [-0.2, -0.15) is 0 Å². The molecule has 0 radical (unpaired) electrons. The molecule has 100 valence electrons. The molecule has 18 heavy (non-hydrogen) atoms. The van der Waals surface area contributed by atoms with Crippen molar-refractivity contribution in [1.82, 2.24) is 5.43 Å². The van der Waals surface area contributed by atoms with Crippen molar-refractivity contribution < 1.29 is 4.74 Å². The van der Waals surface area contributed by atoms with Gasteiger partial charge in [-0.1, -0.05) is 18.2 Å². The molecule has 2 unspecified atom stereocenters. The molecule has 2 atom stereocenters. The van der Waals surface area contributed by atoms with Crippen LogP contribution >= 0.6 is 0 Å². The second kappa shape index (κ2) is 5.39. The summed E-state index contributed by atoms with van der Waals surface area (Å²) >= 11 is 0. The lowest BCUT2D eigenvalue weighted by Crippen LogP contribution is -2.52. The fraction of sp³-hybridized carbons (Fsp3) is 0.600. The largest absolute Gasteiger partial charge is 0.374 e. The molecule has 0 saturated carbocycles. The number of nitrogens with one attached hydrogen (secondary N) is 1. The lowest BCUT2D eigenvalue weighted by molar-refractivity contribution is -0.0115. The van der Waals surface area contributed by atoms with E-state index in [-0.39, 0.29) is 11.6 Å². The molecule has 1 aromatic carbocycles. The van der Waals surface area contributed by atoms with Crippen molar-refractivity contribution in [3.05, 3.63) is 34.9 Å². The first-order chi connectivity index (χ1) is 8.57. The van der Waals surface area contributed by atoms with Crippen LogP contribution in [0.25, 0.3) is 0 Å². The third kappa shape index (κ3) is 2.58. The van der Waals surface area contributed by atoms with Crippen molar-refractivity contribution in [3.63, 3.8) is 0 Å². The molecule has 3 N–H and O–H groups in total. The molecule has 0 bridgehead atoms. The van der Waals surface area contributed by atoms with Gasteiger partial charge in [-0.15, -0.1) is 0 Å². The number of hydrazine groups is 1. The third-order valence-electron chi connectivity index (χ3n) is 4.24. The van der Waals surface area contributed by atoms with Crippen molar-refractivity contribution in [1.29, 1.82) is 0 Å². The molecule has 0 amide bonds. The minimum atomic E-state index is -0.135. The summed E-state index contributed by atoms with van der Waals surface area (Å²) in [5.74, 6) is 5.76. The van der Waals surface area contributed by atoms with Crippen molar-refractivity contribution in [2.75, 3.05) is 6.61 Å². The Kier molecular flexibility index (Phi) is 4.05. The van der Waals surface area contributed by atoms with E-state index in [9.17, 15) is 0 Å². The molecule has 0 aliphatic carbocycles. The highest BCUT2D eigenvalue weighted by molar-refractivity contribution is 5.34. The van der Waals surface area contributed by atoms with Crippen LogP contribution in [0.3, 0.4) is 0 Å². The average Bonchev–Trinajstić information content (AvgIpc) is 2.77. The number of benzene rings is 1. The van der Waals surface area contributed by atoms with Crippen molar-refractivity contribution in [2.24, 2.45) is 5.84 Å². The number of ether oxygens (including phenoxy) is 1. The summed E-state index contributed by atoms with van der Waals surface area (Å²) in [5.41, 5.74) is 6.87. The van der Waals surface area contributed by atoms with Crippen LogP contribution < -0.4 is 11.3 Å². The quantitative estimate of drug-likeness (QED) is 0.634. The van der Waals surface area contributed by atoms with Crippen LogP contribution in [0.2, 0.25) is 0 Å². The van der Waals surface area contributed by atoms with E-state index in [1.807, 2.05) is 0 Å². The fourth-order valence-corrected chi connectivity index (χ4v) is 2.90. The molecule has 0 spiro atoms. The molecular formula is C15H24N2O. The molecule has 1 aliphatic rings. The smallest absolute Gasteiger partial charge is 0.0824 e. The summed E-state index contributed by atoms with van der Waals surface area (Å²) in [6.07, 6.45) is 3.12. The SMILES string of the molecule is Cc1cccc(C)c1CC(NN)C1(C)CCCO1. The van der Waals surface area contributed by atoms with Crippen LogP contribution in [0.4, 0.5) is 0 Å². The van der Waals surface area contributed by atoms with E-state index in [2.05, 4.69) is 44.4 Å². The van der Waals surface area contributed by atoms with Crippen molar-refractivity contribution in [3.8, 4) is 0 Å². The van der Waals surface area contributed by atoms with Crippen LogP contribution in [-0.2, 0) is 11.2 Å². The van der Waals surface area contributed by atoms with Crippen LogP contribution in [0.5, 0.6) is 0 Å². The first-order valence-corrected chi connectivity index (χ1v) is 6.72. The van der Waals surface area contributed by atoms with Gasteiger partial charge in [0.15, 0.2) is 0 Å². The van der Waals surface area contributed by atoms with E-state index in [4.69, 9.17) is 10.6 Å². The number of hydrogen-bond donors (Lipinski definition) is 2. The van der Waals surface area contributed by atoms with Crippen molar-refractivity contribution in [2.45, 2.75) is 51.7 Å². The van der Waals surface area contributed by atoms with E-state index in [0.29, 0.717) is 0 Å². The van der Waals surface area contributed by atoms with Gasteiger partial charge in [-0.05, 0) is 56.7 Å². The Labute approximate surface area is 110 Å². The Bertz CT molecular complexity index is 391. The summed E-state index contributed by atoms with van der Waals surface area (Å²) in [6.45, 7) is 7.33. The van der Waals surface area contributed by atoms with E-state index in [1.54, 1.807) is 0 Å². The molecule has 2 rings (SSSR count). The Balaban J connectivity index is 2.20. The van der Waals surface area contributed by atoms with Gasteiger partial charge in [-0.3, -0.25) is 11.3 Å². The van der Waals surface area contributed by atoms with Gasteiger partial charge < -0.3 is 4.74 Å². The molecule has 0 aromatic heterocycles. The Morgan fingerprint density at radius 1 is 1.39 bits per heavy atom. The number of nitrogens with two attached hydrogens (primary N) is 1. The zero-order valence-electron chi connectivity index (χ0n) is 11.6. The highest BCUT2D eigenvalue weighted by Gasteiger charge is 2.38. The van der Waals surface area contributed by atoms with E-state index < -0.39 is 0 Å². The first kappa shape index (κ1) is 13.5. The summed E-state index contributed by atoms with van der Waals surface area (Å²) in [5, 5.41) is 0. The molecule has 1 aliphatic heterocycles. The molecule has 3 nitrogen and oxygen atoms in total. The molecule has 1 saturated heterocycles. The minimum Gasteiger partial charge on any atom is -0.374 e. The Hall–Kier alpha value is -0.900. The highest BCUT2D eigenvalue weighted by Crippen LogP contribution is 2.31. The van der Waals surface area contributed by atoms with Crippen molar-refractivity contribution >= 4 is 0 Å². The first-order valence-electron chi connectivity index (χ1n) is 6.72. The molecule has 3 heteroatoms. The summed E-state index contributed by atoms with van der Waals surface area (Å²) in [6, 6.07) is 6.59. The Morgan fingerprint density at radius 3 is 2.56 bits per heavy atom. The molecule has 1 fully saturated rings. The molecule has 1 aromatic rings. The molecular weight excluding hydrogens is 224 g/mol. The molecule has 1 heterocycles. The van der Waals surface area contributed by atoms with Gasteiger partial charge in [0.1, 0.15) is 0 Å². The summed E-state index contributed by atoms with van der Waals surface area (Å²) < 4.78 is 5.90. The minimum absolute atomic E-state index is 0.135. The topological polar surface area (TPSA) is 47.3 Å². The van der Waals surface area contributed by atoms with Crippen LogP contribution in [-0.4, -0.2) is 18.2 Å². The maximum atomic E-state index is 5.90. The normalized spacial score (nSPS) is 25.3. The predicted molar refractivity (Wildman–Crippen MR) is 74.3 cm³/mol.